The molecule has 0 saturated heterocycles. The van der Waals surface area contributed by atoms with E-state index in [0.717, 1.165) is 27.7 Å². The van der Waals surface area contributed by atoms with Gasteiger partial charge < -0.3 is 4.57 Å². The van der Waals surface area contributed by atoms with Gasteiger partial charge in [-0.05, 0) is 37.1 Å². The van der Waals surface area contributed by atoms with E-state index in [-0.39, 0.29) is 5.78 Å². The molecule has 2 aromatic heterocycles. The summed E-state index contributed by atoms with van der Waals surface area (Å²) >= 11 is 1.42. The summed E-state index contributed by atoms with van der Waals surface area (Å²) in [5, 5.41) is 9.14. The zero-order valence-electron chi connectivity index (χ0n) is 14.6. The Bertz CT molecular complexity index is 890. The van der Waals surface area contributed by atoms with Gasteiger partial charge >= 0.3 is 0 Å². The van der Waals surface area contributed by atoms with E-state index in [1.165, 1.54) is 17.3 Å². The van der Waals surface area contributed by atoms with E-state index in [2.05, 4.69) is 28.2 Å². The van der Waals surface area contributed by atoms with Gasteiger partial charge in [0.05, 0.1) is 5.75 Å². The van der Waals surface area contributed by atoms with Crippen molar-refractivity contribution in [1.82, 2.24) is 19.7 Å². The Hall–Kier alpha value is -2.47. The Kier molecular flexibility index (Phi) is 5.28. The Morgan fingerprint density at radius 2 is 2.04 bits per heavy atom. The van der Waals surface area contributed by atoms with Gasteiger partial charge in [-0.2, -0.15) is 0 Å². The summed E-state index contributed by atoms with van der Waals surface area (Å²) in [6, 6.07) is 10.0. The van der Waals surface area contributed by atoms with Crippen LogP contribution in [-0.4, -0.2) is 31.3 Å². The second-order valence-electron chi connectivity index (χ2n) is 6.04. The van der Waals surface area contributed by atoms with Crippen molar-refractivity contribution in [2.75, 3.05) is 5.75 Å². The maximum absolute atomic E-state index is 12.3. The van der Waals surface area contributed by atoms with E-state index in [4.69, 9.17) is 0 Å². The minimum absolute atomic E-state index is 0.183. The maximum atomic E-state index is 12.3. The Labute approximate surface area is 151 Å². The lowest BCUT2D eigenvalue weighted by atomic mass is 10.0. The molecule has 3 aromatic rings. The molecule has 25 heavy (non-hydrogen) atoms. The summed E-state index contributed by atoms with van der Waals surface area (Å²) in [5.41, 5.74) is 4.37. The number of pyridine rings is 1. The number of nitrogens with zero attached hydrogens (tertiary/aromatic N) is 4. The zero-order chi connectivity index (χ0) is 17.8. The summed E-state index contributed by atoms with van der Waals surface area (Å²) in [4.78, 5) is 16.4. The fourth-order valence-corrected chi connectivity index (χ4v) is 3.41. The van der Waals surface area contributed by atoms with Crippen LogP contribution in [0.3, 0.4) is 0 Å². The molecule has 0 aliphatic heterocycles. The van der Waals surface area contributed by atoms with E-state index in [1.807, 2.05) is 42.8 Å². The van der Waals surface area contributed by atoms with Crippen molar-refractivity contribution < 1.29 is 4.79 Å². The minimum atomic E-state index is 0.183. The molecule has 0 radical (unpaired) electrons. The SMILES string of the molecule is Cc1ccc(CC(=O)CSc2nnc(-c3cccnc3)n2C)c(C)c1. The van der Waals surface area contributed by atoms with Crippen molar-refractivity contribution in [2.45, 2.75) is 25.4 Å². The average molecular weight is 352 g/mol. The molecule has 128 valence electrons. The normalized spacial score (nSPS) is 10.8. The average Bonchev–Trinajstić information content (AvgIpc) is 2.97. The molecule has 1 aromatic carbocycles. The van der Waals surface area contributed by atoms with Crippen molar-refractivity contribution in [2.24, 2.45) is 7.05 Å². The summed E-state index contributed by atoms with van der Waals surface area (Å²) < 4.78 is 1.89. The van der Waals surface area contributed by atoms with Crippen molar-refractivity contribution >= 4 is 17.5 Å². The third-order valence-electron chi connectivity index (χ3n) is 4.00. The number of aryl methyl sites for hydroxylation is 2. The molecule has 0 N–H and O–H groups in total. The third kappa shape index (κ3) is 4.14. The van der Waals surface area contributed by atoms with E-state index < -0.39 is 0 Å². The number of thioether (sulfide) groups is 1. The second kappa shape index (κ2) is 7.61. The van der Waals surface area contributed by atoms with Gasteiger partial charge in [0.1, 0.15) is 5.78 Å². The standard InChI is InChI=1S/C19H20N4OS/c1-13-6-7-15(14(2)9-13)10-17(24)12-25-19-22-21-18(23(19)3)16-5-4-8-20-11-16/h4-9,11H,10,12H2,1-3H3. The summed E-state index contributed by atoms with van der Waals surface area (Å²) in [5.74, 6) is 1.31. The lowest BCUT2D eigenvalue weighted by Gasteiger charge is -2.06. The van der Waals surface area contributed by atoms with Gasteiger partial charge in [-0.15, -0.1) is 10.2 Å². The lowest BCUT2D eigenvalue weighted by molar-refractivity contribution is -0.116. The predicted molar refractivity (Wildman–Crippen MR) is 99.6 cm³/mol. The minimum Gasteiger partial charge on any atom is -0.305 e. The molecule has 0 amide bonds. The predicted octanol–water partition coefficient (Wildman–Crippen LogP) is 3.40. The van der Waals surface area contributed by atoms with Crippen LogP contribution in [0.4, 0.5) is 0 Å². The molecule has 5 nitrogen and oxygen atoms in total. The van der Waals surface area contributed by atoms with Crippen LogP contribution in [-0.2, 0) is 18.3 Å². The first-order valence-corrected chi connectivity index (χ1v) is 9.03. The Balaban J connectivity index is 1.64. The van der Waals surface area contributed by atoms with Crippen LogP contribution in [0.1, 0.15) is 16.7 Å². The number of benzene rings is 1. The van der Waals surface area contributed by atoms with Crippen LogP contribution in [0.2, 0.25) is 0 Å². The molecule has 2 heterocycles. The van der Waals surface area contributed by atoms with Gasteiger partial charge in [0.2, 0.25) is 0 Å². The summed E-state index contributed by atoms with van der Waals surface area (Å²) in [6.45, 7) is 4.11. The molecular formula is C19H20N4OS. The molecule has 0 atom stereocenters. The molecule has 0 unspecified atom stereocenters. The Morgan fingerprint density at radius 3 is 2.76 bits per heavy atom. The van der Waals surface area contributed by atoms with E-state index in [1.54, 1.807) is 12.4 Å². The highest BCUT2D eigenvalue weighted by atomic mass is 32.2. The zero-order valence-corrected chi connectivity index (χ0v) is 15.4. The topological polar surface area (TPSA) is 60.7 Å². The number of carbonyl (C=O) groups is 1. The number of rotatable bonds is 6. The van der Waals surface area contributed by atoms with Crippen LogP contribution >= 0.6 is 11.8 Å². The number of aromatic nitrogens is 4. The molecule has 0 saturated carbocycles. The number of carbonyl (C=O) groups excluding carboxylic acids is 1. The van der Waals surface area contributed by atoms with Gasteiger partial charge in [0.25, 0.3) is 0 Å². The van der Waals surface area contributed by atoms with Crippen LogP contribution in [0, 0.1) is 13.8 Å². The van der Waals surface area contributed by atoms with Crippen LogP contribution in [0.25, 0.3) is 11.4 Å². The van der Waals surface area contributed by atoms with Crippen molar-refractivity contribution in [1.29, 1.82) is 0 Å². The Morgan fingerprint density at radius 1 is 1.20 bits per heavy atom. The van der Waals surface area contributed by atoms with Gasteiger partial charge in [-0.3, -0.25) is 9.78 Å². The lowest BCUT2D eigenvalue weighted by Crippen LogP contribution is -2.08. The third-order valence-corrected chi connectivity index (χ3v) is 5.08. The maximum Gasteiger partial charge on any atom is 0.191 e. The molecular weight excluding hydrogens is 332 g/mol. The molecule has 0 spiro atoms. The number of Topliss-reactive ketones (excluding diaryl/α,β-unsaturated/α-hetero) is 1. The molecule has 3 rings (SSSR count). The highest BCUT2D eigenvalue weighted by Gasteiger charge is 2.13. The van der Waals surface area contributed by atoms with Crippen LogP contribution < -0.4 is 0 Å². The first-order chi connectivity index (χ1) is 12.0. The highest BCUT2D eigenvalue weighted by molar-refractivity contribution is 7.99. The van der Waals surface area contributed by atoms with Crippen LogP contribution in [0.15, 0.2) is 47.9 Å². The van der Waals surface area contributed by atoms with E-state index >= 15 is 0 Å². The van der Waals surface area contributed by atoms with Gasteiger partial charge in [-0.1, -0.05) is 35.5 Å². The van der Waals surface area contributed by atoms with Crippen molar-refractivity contribution in [3.05, 3.63) is 59.4 Å². The fraction of sp³-hybridized carbons (Fsp3) is 0.263. The smallest absolute Gasteiger partial charge is 0.191 e. The van der Waals surface area contributed by atoms with E-state index in [9.17, 15) is 4.79 Å². The van der Waals surface area contributed by atoms with Gasteiger partial charge in [-0.25, -0.2) is 0 Å². The molecule has 6 heteroatoms. The monoisotopic (exact) mass is 352 g/mol. The fourth-order valence-electron chi connectivity index (χ4n) is 2.64. The van der Waals surface area contributed by atoms with Crippen molar-refractivity contribution in [3.8, 4) is 11.4 Å². The molecule has 0 bridgehead atoms. The highest BCUT2D eigenvalue weighted by Crippen LogP contribution is 2.22. The number of hydrogen-bond donors (Lipinski definition) is 0. The molecule has 0 aliphatic rings. The molecule has 0 aliphatic carbocycles. The number of hydrogen-bond acceptors (Lipinski definition) is 5. The van der Waals surface area contributed by atoms with Crippen LogP contribution in [0.5, 0.6) is 0 Å². The van der Waals surface area contributed by atoms with E-state index in [0.29, 0.717) is 12.2 Å². The second-order valence-corrected chi connectivity index (χ2v) is 6.98. The summed E-state index contributed by atoms with van der Waals surface area (Å²) in [7, 11) is 1.90. The quantitative estimate of drug-likeness (QED) is 0.636. The summed E-state index contributed by atoms with van der Waals surface area (Å²) in [6.07, 6.45) is 3.93. The van der Waals surface area contributed by atoms with Crippen molar-refractivity contribution in [3.63, 3.8) is 0 Å². The number of ketones is 1. The molecule has 0 fully saturated rings. The largest absolute Gasteiger partial charge is 0.305 e. The first-order valence-electron chi connectivity index (χ1n) is 8.05. The van der Waals surface area contributed by atoms with Gasteiger partial charge in [0.15, 0.2) is 11.0 Å². The first kappa shape index (κ1) is 17.4. The van der Waals surface area contributed by atoms with Gasteiger partial charge in [0, 0.05) is 31.4 Å².